The van der Waals surface area contributed by atoms with Crippen LogP contribution in [0.1, 0.15) is 0 Å². The second-order valence-corrected chi connectivity index (χ2v) is 22.4. The first-order valence-electron chi connectivity index (χ1n) is 29.4. The fourth-order valence-electron chi connectivity index (χ4n) is 14.1. The van der Waals surface area contributed by atoms with Crippen LogP contribution >= 0.6 is 0 Å². The van der Waals surface area contributed by atoms with Crippen molar-refractivity contribution in [1.29, 1.82) is 0 Å². The number of hydrogen-bond acceptors (Lipinski definition) is 6. The Hall–Kier alpha value is -11.5. The number of anilines is 12. The molecule has 0 unspecified atom stereocenters. The lowest BCUT2D eigenvalue weighted by molar-refractivity contribution is 0.477. The summed E-state index contributed by atoms with van der Waals surface area (Å²) in [7, 11) is 0. The molecule has 0 N–H and O–H groups in total. The fraction of sp³-hybridized carbons (Fsp3) is 0. The standard InChI is InChI=1S/C78H50BN5O2/c1-3-23-51(24-4-1)53-43-45-62-58(47-53)79-59-48-54(52-25-5-2-6-26-52)44-46-63(59)82(65-32-12-14-34-67(65)84-70-37-17-21-41-76(70)86-77-42-22-18-38-71(77)84)73-50-55(80-60-29-9-7-27-56(60)57-28-8-10-30-61(57)80)49-72(78(73)79)81(62)64-31-11-13-33-66(64)83-68-35-15-19-39-74(68)85-75-40-20-16-36-69(75)83/h1-50H. The van der Waals surface area contributed by atoms with E-state index < -0.39 is 0 Å². The molecule has 7 nitrogen and oxygen atoms in total. The zero-order chi connectivity index (χ0) is 56.4. The molecule has 0 saturated heterocycles. The van der Waals surface area contributed by atoms with Crippen molar-refractivity contribution in [1.82, 2.24) is 4.57 Å². The summed E-state index contributed by atoms with van der Waals surface area (Å²) >= 11 is 0. The number of fused-ring (bicyclic) bond motifs is 11. The van der Waals surface area contributed by atoms with Crippen LogP contribution in [0.2, 0.25) is 0 Å². The maximum atomic E-state index is 6.71. The number of ether oxygens (including phenoxy) is 2. The molecule has 0 aliphatic carbocycles. The van der Waals surface area contributed by atoms with Crippen LogP contribution in [0.25, 0.3) is 49.7 Å². The molecule has 1 aromatic heterocycles. The van der Waals surface area contributed by atoms with Crippen LogP contribution in [0.15, 0.2) is 303 Å². The number of hydrogen-bond donors (Lipinski definition) is 0. The van der Waals surface area contributed by atoms with Gasteiger partial charge in [0.05, 0.1) is 62.2 Å². The minimum absolute atomic E-state index is 0.231. The van der Waals surface area contributed by atoms with Gasteiger partial charge >= 0.3 is 0 Å². The lowest BCUT2D eigenvalue weighted by atomic mass is 9.33. The highest BCUT2D eigenvalue weighted by Gasteiger charge is 2.46. The molecule has 4 aliphatic rings. The normalized spacial score (nSPS) is 13.2. The van der Waals surface area contributed by atoms with E-state index in [1.807, 2.05) is 0 Å². The largest absolute Gasteiger partial charge is 0.453 e. The number of aromatic nitrogens is 1. The van der Waals surface area contributed by atoms with E-state index in [4.69, 9.17) is 9.47 Å². The molecule has 0 saturated carbocycles. The highest BCUT2D eigenvalue weighted by Crippen LogP contribution is 2.58. The predicted octanol–water partition coefficient (Wildman–Crippen LogP) is 19.4. The molecule has 5 heterocycles. The molecular weight excluding hydrogens is 1050 g/mol. The van der Waals surface area contributed by atoms with Crippen molar-refractivity contribution in [3.05, 3.63) is 303 Å². The Morgan fingerprint density at radius 2 is 0.547 bits per heavy atom. The Kier molecular flexibility index (Phi) is 10.6. The average Bonchev–Trinajstić information content (AvgIpc) is 0.795. The van der Waals surface area contributed by atoms with Crippen molar-refractivity contribution >= 4 is 113 Å². The molecular formula is C78H50BN5O2. The molecule has 0 atom stereocenters. The lowest BCUT2D eigenvalue weighted by Crippen LogP contribution is -2.61. The summed E-state index contributed by atoms with van der Waals surface area (Å²) in [6.07, 6.45) is 0. The van der Waals surface area contributed by atoms with Crippen LogP contribution < -0.4 is 45.5 Å². The van der Waals surface area contributed by atoms with Gasteiger partial charge in [0.2, 0.25) is 0 Å². The van der Waals surface area contributed by atoms with E-state index in [0.717, 1.165) is 130 Å². The summed E-state index contributed by atoms with van der Waals surface area (Å²) in [5.41, 5.74) is 23.8. The van der Waals surface area contributed by atoms with Crippen molar-refractivity contribution in [3.8, 4) is 50.9 Å². The van der Waals surface area contributed by atoms with E-state index >= 15 is 0 Å². The molecule has 4 aliphatic heterocycles. The van der Waals surface area contributed by atoms with Crippen LogP contribution in [0.4, 0.5) is 68.2 Å². The molecule has 8 heteroatoms. The van der Waals surface area contributed by atoms with Gasteiger partial charge in [-0.25, -0.2) is 0 Å². The van der Waals surface area contributed by atoms with Gasteiger partial charge < -0.3 is 33.6 Å². The Morgan fingerprint density at radius 1 is 0.233 bits per heavy atom. The van der Waals surface area contributed by atoms with Crippen LogP contribution in [-0.2, 0) is 0 Å². The Balaban J connectivity index is 0.989. The summed E-state index contributed by atoms with van der Waals surface area (Å²) in [5.74, 6) is 3.18. The van der Waals surface area contributed by atoms with Crippen LogP contribution in [0.3, 0.4) is 0 Å². The summed E-state index contributed by atoms with van der Waals surface area (Å²) in [6, 6.07) is 110. The topological polar surface area (TPSA) is 36.4 Å². The number of para-hydroxylation sites is 14. The highest BCUT2D eigenvalue weighted by atomic mass is 16.5. The number of rotatable bonds is 7. The zero-order valence-electron chi connectivity index (χ0n) is 46.5. The van der Waals surface area contributed by atoms with Crippen molar-refractivity contribution in [2.75, 3.05) is 19.6 Å². The maximum absolute atomic E-state index is 6.71. The maximum Gasteiger partial charge on any atom is 0.252 e. The van der Waals surface area contributed by atoms with Gasteiger partial charge in [-0.15, -0.1) is 0 Å². The highest BCUT2D eigenvalue weighted by molar-refractivity contribution is 7.00. The number of nitrogens with zero attached hydrogens (tertiary/aromatic N) is 5. The van der Waals surface area contributed by atoms with Gasteiger partial charge in [0.25, 0.3) is 6.71 Å². The van der Waals surface area contributed by atoms with Crippen LogP contribution in [-0.4, -0.2) is 11.3 Å². The molecule has 0 amide bonds. The summed E-state index contributed by atoms with van der Waals surface area (Å²) < 4.78 is 15.9. The van der Waals surface area contributed by atoms with Gasteiger partial charge in [-0.2, -0.15) is 0 Å². The third kappa shape index (κ3) is 7.23. The summed E-state index contributed by atoms with van der Waals surface area (Å²) in [4.78, 5) is 9.91. The SMILES string of the molecule is c1ccc(-c2ccc3c(c2)B2c4cc(-c5ccccc5)ccc4N(c4ccccc4N4c5ccccc5Oc5ccccc54)c4cc(-n5c6ccccc6c6ccccc65)cc(c42)N3c2ccccc2N2c3ccccc3Oc3ccccc32)cc1. The van der Waals surface area contributed by atoms with Crippen molar-refractivity contribution < 1.29 is 9.47 Å². The first kappa shape index (κ1) is 48.1. The second kappa shape index (κ2) is 19.0. The fourth-order valence-corrected chi connectivity index (χ4v) is 14.1. The van der Waals surface area contributed by atoms with Crippen molar-refractivity contribution in [2.24, 2.45) is 0 Å². The van der Waals surface area contributed by atoms with Crippen LogP contribution in [0, 0.1) is 0 Å². The predicted molar refractivity (Wildman–Crippen MR) is 355 cm³/mol. The first-order valence-corrected chi connectivity index (χ1v) is 29.4. The zero-order valence-corrected chi connectivity index (χ0v) is 46.5. The molecule has 18 rings (SSSR count). The Labute approximate surface area is 498 Å². The molecule has 0 spiro atoms. The third-order valence-electron chi connectivity index (χ3n) is 17.7. The van der Waals surface area contributed by atoms with Gasteiger partial charge in [-0.05, 0) is 148 Å². The summed E-state index contributed by atoms with van der Waals surface area (Å²) in [6.45, 7) is -0.231. The van der Waals surface area contributed by atoms with E-state index in [1.54, 1.807) is 0 Å². The summed E-state index contributed by atoms with van der Waals surface area (Å²) in [5, 5.41) is 2.40. The van der Waals surface area contributed by atoms with Gasteiger partial charge in [0.1, 0.15) is 0 Å². The van der Waals surface area contributed by atoms with Crippen molar-refractivity contribution in [2.45, 2.75) is 0 Å². The van der Waals surface area contributed by atoms with E-state index in [0.29, 0.717) is 0 Å². The molecule has 402 valence electrons. The van der Waals surface area contributed by atoms with E-state index in [1.165, 1.54) is 27.2 Å². The Bertz CT molecular complexity index is 4680. The quantitative estimate of drug-likeness (QED) is 0.148. The van der Waals surface area contributed by atoms with E-state index in [2.05, 4.69) is 327 Å². The smallest absolute Gasteiger partial charge is 0.252 e. The van der Waals surface area contributed by atoms with Gasteiger partial charge in [0.15, 0.2) is 23.0 Å². The average molecular weight is 1100 g/mol. The second-order valence-electron chi connectivity index (χ2n) is 22.4. The third-order valence-corrected chi connectivity index (χ3v) is 17.7. The van der Waals surface area contributed by atoms with Gasteiger partial charge in [-0.3, -0.25) is 0 Å². The minimum Gasteiger partial charge on any atom is -0.453 e. The molecule has 0 bridgehead atoms. The Morgan fingerprint density at radius 3 is 0.930 bits per heavy atom. The van der Waals surface area contributed by atoms with Crippen molar-refractivity contribution in [3.63, 3.8) is 0 Å². The monoisotopic (exact) mass is 1100 g/mol. The van der Waals surface area contributed by atoms with Gasteiger partial charge in [-0.1, -0.05) is 194 Å². The molecule has 86 heavy (non-hydrogen) atoms. The van der Waals surface area contributed by atoms with Crippen LogP contribution in [0.5, 0.6) is 23.0 Å². The molecule has 13 aromatic carbocycles. The molecule has 14 aromatic rings. The lowest BCUT2D eigenvalue weighted by Gasteiger charge is -2.46. The van der Waals surface area contributed by atoms with Gasteiger partial charge in [0, 0.05) is 33.5 Å². The van der Waals surface area contributed by atoms with E-state index in [9.17, 15) is 0 Å². The minimum atomic E-state index is -0.231. The van der Waals surface area contributed by atoms with E-state index in [-0.39, 0.29) is 6.71 Å². The molecule has 0 fully saturated rings. The number of benzene rings is 13. The first-order chi connectivity index (χ1) is 42.7. The molecule has 0 radical (unpaired) electrons.